The highest BCUT2D eigenvalue weighted by atomic mass is 35.5. The first-order valence-corrected chi connectivity index (χ1v) is 7.02. The van der Waals surface area contributed by atoms with Crippen LogP contribution in [-0.4, -0.2) is 13.0 Å². The van der Waals surface area contributed by atoms with Gasteiger partial charge in [0.25, 0.3) is 10.1 Å². The van der Waals surface area contributed by atoms with Gasteiger partial charge in [-0.1, -0.05) is 36.5 Å². The lowest BCUT2D eigenvalue weighted by Gasteiger charge is -2.13. The Hall–Kier alpha value is -0.290. The van der Waals surface area contributed by atoms with Crippen molar-refractivity contribution in [2.45, 2.75) is 25.0 Å². The summed E-state index contributed by atoms with van der Waals surface area (Å²) in [4.78, 5) is 0. The van der Waals surface area contributed by atoms with Crippen molar-refractivity contribution in [3.63, 3.8) is 0 Å². The van der Waals surface area contributed by atoms with Gasteiger partial charge in [0, 0.05) is 10.0 Å². The van der Waals surface area contributed by atoms with E-state index < -0.39 is 15.4 Å². The summed E-state index contributed by atoms with van der Waals surface area (Å²) >= 11 is 11.6. The minimum atomic E-state index is -4.13. The first kappa shape index (κ1) is 13.8. The van der Waals surface area contributed by atoms with Crippen LogP contribution < -0.4 is 0 Å². The molecule has 16 heavy (non-hydrogen) atoms. The Kier molecular flexibility index (Phi) is 4.62. The second kappa shape index (κ2) is 5.36. The molecule has 0 aliphatic carbocycles. The molecule has 0 fully saturated rings. The highest BCUT2D eigenvalue weighted by molar-refractivity contribution is 7.86. The van der Waals surface area contributed by atoms with Gasteiger partial charge in [0.1, 0.15) is 5.25 Å². The summed E-state index contributed by atoms with van der Waals surface area (Å²) in [5, 5.41) is -0.256. The van der Waals surface area contributed by atoms with Crippen LogP contribution in [0.4, 0.5) is 0 Å². The topological polar surface area (TPSA) is 54.4 Å². The van der Waals surface area contributed by atoms with E-state index in [0.717, 1.165) is 0 Å². The van der Waals surface area contributed by atoms with E-state index in [1.165, 1.54) is 18.2 Å². The predicted molar refractivity (Wildman–Crippen MR) is 65.7 cm³/mol. The van der Waals surface area contributed by atoms with E-state index in [2.05, 4.69) is 0 Å². The summed E-state index contributed by atoms with van der Waals surface area (Å²) in [6.07, 6.45) is 0.962. The molecule has 0 aliphatic rings. The molecule has 0 heterocycles. The Bertz CT molecular complexity index is 451. The molecule has 0 saturated heterocycles. The van der Waals surface area contributed by atoms with Gasteiger partial charge >= 0.3 is 0 Å². The van der Waals surface area contributed by atoms with Gasteiger partial charge in [0.05, 0.1) is 0 Å². The second-order valence-corrected chi connectivity index (χ2v) is 5.97. The van der Waals surface area contributed by atoms with Gasteiger partial charge in [-0.15, -0.1) is 0 Å². The molecule has 0 spiro atoms. The Morgan fingerprint density at radius 1 is 1.25 bits per heavy atom. The fraction of sp³-hybridized carbons (Fsp3) is 0.400. The zero-order chi connectivity index (χ0) is 12.3. The molecule has 1 N–H and O–H groups in total. The normalized spacial score (nSPS) is 13.8. The average molecular weight is 283 g/mol. The summed E-state index contributed by atoms with van der Waals surface area (Å²) in [7, 11) is -4.13. The van der Waals surface area contributed by atoms with Gasteiger partial charge in [-0.3, -0.25) is 4.55 Å². The predicted octanol–water partition coefficient (Wildman–Crippen LogP) is 3.72. The summed E-state index contributed by atoms with van der Waals surface area (Å²) in [5.41, 5.74) is 0.418. The Balaban J connectivity index is 3.21. The zero-order valence-electron chi connectivity index (χ0n) is 8.65. The molecule has 0 saturated carbocycles. The van der Waals surface area contributed by atoms with Gasteiger partial charge in [0.2, 0.25) is 0 Å². The molecule has 0 bridgehead atoms. The van der Waals surface area contributed by atoms with Gasteiger partial charge < -0.3 is 0 Å². The van der Waals surface area contributed by atoms with Crippen LogP contribution in [0.2, 0.25) is 10.0 Å². The van der Waals surface area contributed by atoms with E-state index in [0.29, 0.717) is 28.5 Å². The van der Waals surface area contributed by atoms with Gasteiger partial charge in [-0.25, -0.2) is 0 Å². The van der Waals surface area contributed by atoms with Crippen molar-refractivity contribution in [3.05, 3.63) is 33.8 Å². The Morgan fingerprint density at radius 2 is 1.75 bits per heavy atom. The molecule has 6 heteroatoms. The van der Waals surface area contributed by atoms with E-state index in [9.17, 15) is 8.42 Å². The molecule has 1 rings (SSSR count). The smallest absolute Gasteiger partial charge is 0.271 e. The summed E-state index contributed by atoms with van der Waals surface area (Å²) < 4.78 is 31.6. The molecule has 1 aromatic carbocycles. The quantitative estimate of drug-likeness (QED) is 0.857. The van der Waals surface area contributed by atoms with Crippen molar-refractivity contribution in [1.29, 1.82) is 0 Å². The van der Waals surface area contributed by atoms with Crippen LogP contribution in [0.5, 0.6) is 0 Å². The molecule has 1 atom stereocenters. The maximum absolute atomic E-state index is 11.2. The number of benzene rings is 1. The third-order valence-corrected chi connectivity index (χ3v) is 3.83. The first-order valence-electron chi connectivity index (χ1n) is 4.77. The third-order valence-electron chi connectivity index (χ3n) is 2.17. The number of halogens is 2. The Labute approximate surface area is 105 Å². The third kappa shape index (κ3) is 3.63. The summed E-state index contributed by atoms with van der Waals surface area (Å²) in [6.45, 7) is 1.84. The van der Waals surface area contributed by atoms with Crippen molar-refractivity contribution >= 4 is 33.3 Å². The van der Waals surface area contributed by atoms with Gasteiger partial charge in [0.15, 0.2) is 0 Å². The van der Waals surface area contributed by atoms with Gasteiger partial charge in [-0.2, -0.15) is 8.42 Å². The summed E-state index contributed by atoms with van der Waals surface area (Å²) in [6, 6.07) is 4.52. The first-order chi connectivity index (χ1) is 7.34. The van der Waals surface area contributed by atoms with Crippen molar-refractivity contribution in [2.24, 2.45) is 0 Å². The SMILES string of the molecule is CCCC(c1cc(Cl)cc(Cl)c1)S(=O)(=O)O. The van der Waals surface area contributed by atoms with Crippen LogP contribution >= 0.6 is 23.2 Å². The molecule has 0 aromatic heterocycles. The minimum absolute atomic E-state index is 0.329. The van der Waals surface area contributed by atoms with Crippen molar-refractivity contribution < 1.29 is 13.0 Å². The molecule has 0 aliphatic heterocycles. The molecule has 3 nitrogen and oxygen atoms in total. The van der Waals surface area contributed by atoms with E-state index in [1.807, 2.05) is 6.92 Å². The fourth-order valence-electron chi connectivity index (χ4n) is 1.51. The van der Waals surface area contributed by atoms with Gasteiger partial charge in [-0.05, 0) is 30.2 Å². The zero-order valence-corrected chi connectivity index (χ0v) is 11.0. The number of rotatable bonds is 4. The largest absolute Gasteiger partial charge is 0.285 e. The second-order valence-electron chi connectivity index (χ2n) is 3.50. The average Bonchev–Trinajstić information content (AvgIpc) is 2.10. The van der Waals surface area contributed by atoms with E-state index in [4.69, 9.17) is 27.8 Å². The van der Waals surface area contributed by atoms with Crippen molar-refractivity contribution in [1.82, 2.24) is 0 Å². The van der Waals surface area contributed by atoms with Crippen LogP contribution in [0, 0.1) is 0 Å². The number of hydrogen-bond acceptors (Lipinski definition) is 2. The standard InChI is InChI=1S/C10H12Cl2O3S/c1-2-3-10(16(13,14)15)7-4-8(11)6-9(12)5-7/h4-6,10H,2-3H2,1H3,(H,13,14,15). The molecular weight excluding hydrogens is 271 g/mol. The van der Waals surface area contributed by atoms with Crippen molar-refractivity contribution in [3.8, 4) is 0 Å². The molecule has 1 unspecified atom stereocenters. The lowest BCUT2D eigenvalue weighted by molar-refractivity contribution is 0.463. The van der Waals surface area contributed by atoms with Crippen LogP contribution in [0.25, 0.3) is 0 Å². The fourth-order valence-corrected chi connectivity index (χ4v) is 3.07. The van der Waals surface area contributed by atoms with Crippen LogP contribution in [0.3, 0.4) is 0 Å². The molecular formula is C10H12Cl2O3S. The van der Waals surface area contributed by atoms with Crippen LogP contribution in [0.15, 0.2) is 18.2 Å². The molecule has 1 aromatic rings. The van der Waals surface area contributed by atoms with Crippen molar-refractivity contribution in [2.75, 3.05) is 0 Å². The summed E-state index contributed by atoms with van der Waals surface area (Å²) in [5.74, 6) is 0. The lowest BCUT2D eigenvalue weighted by atomic mass is 10.1. The lowest BCUT2D eigenvalue weighted by Crippen LogP contribution is -2.12. The molecule has 0 amide bonds. The van der Waals surface area contributed by atoms with Crippen LogP contribution in [0.1, 0.15) is 30.6 Å². The Morgan fingerprint density at radius 3 is 2.12 bits per heavy atom. The highest BCUT2D eigenvalue weighted by Gasteiger charge is 2.24. The maximum Gasteiger partial charge on any atom is 0.271 e. The molecule has 90 valence electrons. The van der Waals surface area contributed by atoms with E-state index in [1.54, 1.807) is 0 Å². The van der Waals surface area contributed by atoms with E-state index in [-0.39, 0.29) is 0 Å². The minimum Gasteiger partial charge on any atom is -0.285 e. The van der Waals surface area contributed by atoms with Crippen LogP contribution in [-0.2, 0) is 10.1 Å². The highest BCUT2D eigenvalue weighted by Crippen LogP contribution is 2.30. The van der Waals surface area contributed by atoms with E-state index >= 15 is 0 Å². The number of hydrogen-bond donors (Lipinski definition) is 1. The monoisotopic (exact) mass is 282 g/mol. The maximum atomic E-state index is 11.2. The molecule has 0 radical (unpaired) electrons.